The van der Waals surface area contributed by atoms with Gasteiger partial charge in [-0.3, -0.25) is 14.1 Å². The lowest BCUT2D eigenvalue weighted by Gasteiger charge is -2.41. The predicted molar refractivity (Wildman–Crippen MR) is 145 cm³/mol. The highest BCUT2D eigenvalue weighted by molar-refractivity contribution is 7.92. The fourth-order valence-corrected chi connectivity index (χ4v) is 7.53. The van der Waals surface area contributed by atoms with E-state index >= 15 is 0 Å². The van der Waals surface area contributed by atoms with Gasteiger partial charge in [0.25, 0.3) is 15.9 Å². The topological polar surface area (TPSA) is 91.4 Å². The van der Waals surface area contributed by atoms with Gasteiger partial charge in [-0.25, -0.2) is 12.8 Å². The number of rotatable bonds is 7. The fraction of sp³-hybridized carbons (Fsp3) is 0.310. The maximum atomic E-state index is 14.0. The van der Waals surface area contributed by atoms with Crippen molar-refractivity contribution in [1.29, 1.82) is 0 Å². The summed E-state index contributed by atoms with van der Waals surface area (Å²) < 4.78 is 43.1. The Labute approximate surface area is 222 Å². The molecule has 1 unspecified atom stereocenters. The summed E-state index contributed by atoms with van der Waals surface area (Å²) in [7, 11) is -4.01. The van der Waals surface area contributed by atoms with Gasteiger partial charge < -0.3 is 10.6 Å². The van der Waals surface area contributed by atoms with Gasteiger partial charge in [-0.05, 0) is 98.9 Å². The number of amides is 1. The summed E-state index contributed by atoms with van der Waals surface area (Å²) in [5.74, 6) is -0.748. The van der Waals surface area contributed by atoms with E-state index in [9.17, 15) is 17.6 Å². The Hall–Kier alpha value is -3.56. The van der Waals surface area contributed by atoms with Crippen molar-refractivity contribution < 1.29 is 17.6 Å². The van der Waals surface area contributed by atoms with Crippen LogP contribution in [0.15, 0.2) is 78.3 Å². The Morgan fingerprint density at radius 3 is 2.63 bits per heavy atom. The highest BCUT2D eigenvalue weighted by Crippen LogP contribution is 2.53. The molecule has 5 rings (SSSR count). The summed E-state index contributed by atoms with van der Waals surface area (Å²) in [5, 5.41) is 6.33. The van der Waals surface area contributed by atoms with Crippen LogP contribution in [0.1, 0.15) is 46.4 Å². The molecule has 1 atom stereocenters. The van der Waals surface area contributed by atoms with E-state index < -0.39 is 27.3 Å². The van der Waals surface area contributed by atoms with Gasteiger partial charge >= 0.3 is 0 Å². The number of carbonyl (C=O) groups is 1. The van der Waals surface area contributed by atoms with E-state index in [1.54, 1.807) is 24.4 Å². The number of anilines is 1. The quantitative estimate of drug-likeness (QED) is 0.443. The highest BCUT2D eigenvalue weighted by Gasteiger charge is 2.54. The fourth-order valence-electron chi connectivity index (χ4n) is 5.78. The Bertz CT molecular complexity index is 1470. The minimum atomic E-state index is -4.01. The number of halogens is 1. The number of piperidine rings is 1. The number of carbonyl (C=O) groups excluding carboxylic acids is 1. The molecule has 1 amide bonds. The average molecular weight is 535 g/mol. The van der Waals surface area contributed by atoms with Gasteiger partial charge in [0.05, 0.1) is 28.9 Å². The smallest absolute Gasteiger partial charge is 0.264 e. The second-order valence-corrected chi connectivity index (χ2v) is 11.7. The van der Waals surface area contributed by atoms with Crippen LogP contribution >= 0.6 is 0 Å². The zero-order valence-electron chi connectivity index (χ0n) is 21.3. The van der Waals surface area contributed by atoms with Crippen LogP contribution in [0.3, 0.4) is 0 Å². The summed E-state index contributed by atoms with van der Waals surface area (Å²) in [6.45, 7) is 7.61. The highest BCUT2D eigenvalue weighted by atomic mass is 32.2. The molecule has 7 nitrogen and oxygen atoms in total. The number of hydrogen-bond acceptors (Lipinski definition) is 5. The third-order valence-electron chi connectivity index (χ3n) is 7.74. The Balaban J connectivity index is 1.57. The first-order valence-electron chi connectivity index (χ1n) is 12.7. The number of nitrogens with one attached hydrogen (secondary N) is 2. The average Bonchev–Trinajstić information content (AvgIpc) is 3.17. The second kappa shape index (κ2) is 10.3. The number of nitrogens with zero attached hydrogens (tertiary/aromatic N) is 2. The van der Waals surface area contributed by atoms with Crippen LogP contribution < -0.4 is 14.9 Å². The van der Waals surface area contributed by atoms with Crippen LogP contribution in [0, 0.1) is 12.7 Å². The zero-order chi connectivity index (χ0) is 26.9. The SMILES string of the molecule is C=CCC1N(S(=O)(=O)c2ccc(F)cc2)c2ccc(C(=O)NCc3ncccc3C)cc2C12CCNCC2. The van der Waals surface area contributed by atoms with E-state index in [0.29, 0.717) is 37.1 Å². The van der Waals surface area contributed by atoms with Crippen molar-refractivity contribution in [3.05, 3.63) is 102 Å². The molecule has 2 aliphatic heterocycles. The van der Waals surface area contributed by atoms with E-state index in [1.807, 2.05) is 25.1 Å². The monoisotopic (exact) mass is 534 g/mol. The van der Waals surface area contributed by atoms with Crippen LogP contribution in [0.5, 0.6) is 0 Å². The van der Waals surface area contributed by atoms with Gasteiger partial charge in [0, 0.05) is 17.2 Å². The first kappa shape index (κ1) is 26.1. The van der Waals surface area contributed by atoms with Crippen LogP contribution in [-0.2, 0) is 22.0 Å². The third kappa shape index (κ3) is 4.50. The van der Waals surface area contributed by atoms with Crippen LogP contribution in [0.25, 0.3) is 0 Å². The molecular formula is C29H31FN4O3S. The lowest BCUT2D eigenvalue weighted by atomic mass is 9.69. The molecule has 0 bridgehead atoms. The Kier molecular flexibility index (Phi) is 7.07. The molecule has 2 aliphatic rings. The van der Waals surface area contributed by atoms with Gasteiger partial charge in [0.15, 0.2) is 0 Å². The molecule has 38 heavy (non-hydrogen) atoms. The summed E-state index contributed by atoms with van der Waals surface area (Å²) in [5.41, 5.74) is 3.16. The van der Waals surface area contributed by atoms with Gasteiger partial charge in [0.2, 0.25) is 0 Å². The molecule has 0 aliphatic carbocycles. The number of aromatic nitrogens is 1. The first-order valence-corrected chi connectivity index (χ1v) is 14.2. The van der Waals surface area contributed by atoms with E-state index in [2.05, 4.69) is 22.2 Å². The lowest BCUT2D eigenvalue weighted by Crippen LogP contribution is -2.51. The van der Waals surface area contributed by atoms with Crippen LogP contribution in [-0.4, -0.2) is 38.4 Å². The molecule has 0 radical (unpaired) electrons. The summed E-state index contributed by atoms with van der Waals surface area (Å²) in [6, 6.07) is 13.5. The maximum absolute atomic E-state index is 14.0. The molecule has 1 aromatic heterocycles. The molecule has 3 heterocycles. The number of pyridine rings is 1. The Morgan fingerprint density at radius 2 is 1.95 bits per heavy atom. The predicted octanol–water partition coefficient (Wildman–Crippen LogP) is 4.23. The third-order valence-corrected chi connectivity index (χ3v) is 9.58. The van der Waals surface area contributed by atoms with Crippen LogP contribution in [0.2, 0.25) is 0 Å². The molecule has 1 fully saturated rings. The molecule has 2 N–H and O–H groups in total. The molecule has 3 aromatic rings. The molecule has 198 valence electrons. The Morgan fingerprint density at radius 1 is 1.21 bits per heavy atom. The number of aryl methyl sites for hydroxylation is 1. The number of fused-ring (bicyclic) bond motifs is 2. The summed E-state index contributed by atoms with van der Waals surface area (Å²) >= 11 is 0. The standard InChI is InChI=1S/C29H31FN4O3S/c1-3-5-27-29(13-16-31-17-14-29)24-18-21(28(35)33-19-25-20(2)6-4-15-32-25)7-12-26(24)34(27)38(36,37)23-10-8-22(30)9-11-23/h3-4,6-12,15,18,27,31H,1,5,13-14,16-17,19H2,2H3,(H,33,35). The minimum Gasteiger partial charge on any atom is -0.346 e. The van der Waals surface area contributed by atoms with Gasteiger partial charge in [-0.2, -0.15) is 0 Å². The maximum Gasteiger partial charge on any atom is 0.264 e. The van der Waals surface area contributed by atoms with Crippen molar-refractivity contribution in [3.63, 3.8) is 0 Å². The first-order chi connectivity index (χ1) is 18.3. The summed E-state index contributed by atoms with van der Waals surface area (Å²) in [4.78, 5) is 17.6. The molecule has 0 saturated carbocycles. The minimum absolute atomic E-state index is 0.0254. The molecule has 1 spiro atoms. The number of sulfonamides is 1. The van der Waals surface area contributed by atoms with E-state index in [-0.39, 0.29) is 10.8 Å². The molecule has 9 heteroatoms. The lowest BCUT2D eigenvalue weighted by molar-refractivity contribution is 0.0950. The van der Waals surface area contributed by atoms with Crippen molar-refractivity contribution in [2.75, 3.05) is 17.4 Å². The van der Waals surface area contributed by atoms with E-state index in [4.69, 9.17) is 0 Å². The summed E-state index contributed by atoms with van der Waals surface area (Å²) in [6.07, 6.45) is 5.31. The molecular weight excluding hydrogens is 503 g/mol. The molecule has 2 aromatic carbocycles. The van der Waals surface area contributed by atoms with Crippen molar-refractivity contribution in [2.24, 2.45) is 0 Å². The zero-order valence-corrected chi connectivity index (χ0v) is 22.1. The van der Waals surface area contributed by atoms with Crippen molar-refractivity contribution in [3.8, 4) is 0 Å². The van der Waals surface area contributed by atoms with Gasteiger partial charge in [0.1, 0.15) is 5.82 Å². The van der Waals surface area contributed by atoms with E-state index in [0.717, 1.165) is 42.0 Å². The number of benzene rings is 2. The van der Waals surface area contributed by atoms with Crippen LogP contribution in [0.4, 0.5) is 10.1 Å². The van der Waals surface area contributed by atoms with Gasteiger partial charge in [-0.1, -0.05) is 12.1 Å². The van der Waals surface area contributed by atoms with Gasteiger partial charge in [-0.15, -0.1) is 6.58 Å². The largest absolute Gasteiger partial charge is 0.346 e. The molecule has 1 saturated heterocycles. The number of hydrogen-bond donors (Lipinski definition) is 2. The van der Waals surface area contributed by atoms with Crippen molar-refractivity contribution in [1.82, 2.24) is 15.6 Å². The van der Waals surface area contributed by atoms with Crippen molar-refractivity contribution in [2.45, 2.75) is 49.1 Å². The second-order valence-electron chi connectivity index (χ2n) is 9.88. The van der Waals surface area contributed by atoms with E-state index in [1.165, 1.54) is 16.4 Å². The van der Waals surface area contributed by atoms with Crippen molar-refractivity contribution >= 4 is 21.6 Å². The normalized spacial score (nSPS) is 18.3.